The number of nitrogens with zero attached hydrogens (tertiary/aromatic N) is 2. The number of hydrogen-bond donors (Lipinski definition) is 0. The first-order valence-electron chi connectivity index (χ1n) is 10.5. The number of rotatable bonds is 5. The Morgan fingerprint density at radius 2 is 1.68 bits per heavy atom. The van der Waals surface area contributed by atoms with Crippen LogP contribution in [-0.4, -0.2) is 45.4 Å². The number of ether oxygens (including phenoxy) is 3. The lowest BCUT2D eigenvalue weighted by Crippen LogP contribution is -2.53. The van der Waals surface area contributed by atoms with Gasteiger partial charge in [-0.3, -0.25) is 9.69 Å². The third-order valence-electron chi connectivity index (χ3n) is 5.72. The Morgan fingerprint density at radius 1 is 1.00 bits per heavy atom. The highest BCUT2D eigenvalue weighted by Gasteiger charge is 2.38. The largest absolute Gasteiger partial charge is 0.497 e. The summed E-state index contributed by atoms with van der Waals surface area (Å²) in [5.41, 5.74) is 3.83. The van der Waals surface area contributed by atoms with E-state index in [9.17, 15) is 9.59 Å². The number of carbonyl (C=O) groups excluding carboxylic acids is 2. The number of amides is 2. The summed E-state index contributed by atoms with van der Waals surface area (Å²) in [5, 5.41) is 0. The Kier molecular flexibility index (Phi) is 6.73. The zero-order valence-corrected chi connectivity index (χ0v) is 19.0. The van der Waals surface area contributed by atoms with Crippen LogP contribution in [0.2, 0.25) is 0 Å². The predicted octanol–water partition coefficient (Wildman–Crippen LogP) is 4.72. The van der Waals surface area contributed by atoms with E-state index in [1.54, 1.807) is 42.0 Å². The van der Waals surface area contributed by atoms with E-state index in [4.69, 9.17) is 14.2 Å². The molecule has 0 saturated carbocycles. The third-order valence-corrected chi connectivity index (χ3v) is 5.72. The fraction of sp³-hybridized carbons (Fsp3) is 0.417. The lowest BCUT2D eigenvalue weighted by molar-refractivity contribution is 0.0978. The Labute approximate surface area is 183 Å². The maximum atomic E-state index is 13.7. The Bertz CT molecular complexity index is 988. The van der Waals surface area contributed by atoms with Gasteiger partial charge in [-0.05, 0) is 68.7 Å². The lowest BCUT2D eigenvalue weighted by atomic mass is 9.99. The number of carbonyl (C=O) groups is 2. The summed E-state index contributed by atoms with van der Waals surface area (Å²) in [6, 6.07) is 8.85. The second-order valence-corrected chi connectivity index (χ2v) is 7.54. The van der Waals surface area contributed by atoms with Crippen LogP contribution >= 0.6 is 0 Å². The van der Waals surface area contributed by atoms with Gasteiger partial charge in [-0.25, -0.2) is 4.79 Å². The van der Waals surface area contributed by atoms with Crippen LogP contribution in [0.4, 0.5) is 16.2 Å². The molecule has 166 valence electrons. The molecule has 0 N–H and O–H groups in total. The van der Waals surface area contributed by atoms with Gasteiger partial charge in [-0.1, -0.05) is 6.92 Å². The summed E-state index contributed by atoms with van der Waals surface area (Å²) in [7, 11) is 3.09. The normalized spacial score (nSPS) is 15.4. The molecule has 7 heteroatoms. The number of methoxy groups -OCH3 is 2. The van der Waals surface area contributed by atoms with E-state index in [0.717, 1.165) is 11.1 Å². The van der Waals surface area contributed by atoms with E-state index < -0.39 is 6.09 Å². The van der Waals surface area contributed by atoms with Crippen molar-refractivity contribution in [1.29, 1.82) is 0 Å². The molecule has 0 aromatic heterocycles. The van der Waals surface area contributed by atoms with Crippen molar-refractivity contribution >= 4 is 23.4 Å². The van der Waals surface area contributed by atoms with Crippen LogP contribution in [0.5, 0.6) is 11.5 Å². The maximum Gasteiger partial charge on any atom is 0.414 e. The maximum absolute atomic E-state index is 13.7. The molecule has 0 aliphatic carbocycles. The zero-order valence-electron chi connectivity index (χ0n) is 19.0. The lowest BCUT2D eigenvalue weighted by Gasteiger charge is -2.42. The number of aryl methyl sites for hydroxylation is 2. The van der Waals surface area contributed by atoms with E-state index in [0.29, 0.717) is 41.4 Å². The van der Waals surface area contributed by atoms with Crippen molar-refractivity contribution in [2.45, 2.75) is 40.2 Å². The van der Waals surface area contributed by atoms with E-state index >= 15 is 0 Å². The molecule has 1 aliphatic heterocycles. The highest BCUT2D eigenvalue weighted by Crippen LogP contribution is 2.40. The number of anilines is 2. The molecular weight excluding hydrogens is 396 g/mol. The van der Waals surface area contributed by atoms with Gasteiger partial charge in [0.15, 0.2) is 0 Å². The van der Waals surface area contributed by atoms with E-state index in [-0.39, 0.29) is 18.6 Å². The number of hydrogen-bond acceptors (Lipinski definition) is 5. The van der Waals surface area contributed by atoms with Crippen molar-refractivity contribution in [3.05, 3.63) is 47.0 Å². The summed E-state index contributed by atoms with van der Waals surface area (Å²) in [4.78, 5) is 30.0. The Hall–Kier alpha value is -3.22. The minimum absolute atomic E-state index is 0.206. The fourth-order valence-electron chi connectivity index (χ4n) is 3.85. The molecule has 0 bridgehead atoms. The molecule has 0 saturated heterocycles. The molecule has 31 heavy (non-hydrogen) atoms. The summed E-state index contributed by atoms with van der Waals surface area (Å²) in [6.07, 6.45) is 0.273. The first-order valence-corrected chi connectivity index (χ1v) is 10.5. The smallest absolute Gasteiger partial charge is 0.414 e. The van der Waals surface area contributed by atoms with Gasteiger partial charge < -0.3 is 19.1 Å². The number of fused-ring (bicyclic) bond motifs is 1. The molecule has 3 rings (SSSR count). The number of benzene rings is 2. The van der Waals surface area contributed by atoms with Gasteiger partial charge in [-0.15, -0.1) is 0 Å². The Balaban J connectivity index is 2.16. The summed E-state index contributed by atoms with van der Waals surface area (Å²) < 4.78 is 16.1. The highest BCUT2D eigenvalue weighted by atomic mass is 16.6. The molecule has 2 amide bonds. The van der Waals surface area contributed by atoms with Crippen molar-refractivity contribution in [2.24, 2.45) is 0 Å². The molecular formula is C24H30N2O5. The van der Waals surface area contributed by atoms with Crippen molar-refractivity contribution in [3.63, 3.8) is 0 Å². The van der Waals surface area contributed by atoms with Crippen molar-refractivity contribution in [1.82, 2.24) is 0 Å². The standard InChI is InChI=1S/C24H30N2O5/c1-7-17-14-25(23(27)19-13-18(29-5)9-10-22(19)30-6)20-11-15(3)16(4)12-21(20)26(17)24(28)31-8-2/h9-13,17H,7-8,14H2,1-6H3. The Morgan fingerprint density at radius 3 is 2.26 bits per heavy atom. The second kappa shape index (κ2) is 9.29. The molecule has 1 heterocycles. The predicted molar refractivity (Wildman–Crippen MR) is 121 cm³/mol. The molecule has 2 aromatic rings. The van der Waals surface area contributed by atoms with Crippen LogP contribution in [0.25, 0.3) is 0 Å². The van der Waals surface area contributed by atoms with Gasteiger partial charge >= 0.3 is 6.09 Å². The van der Waals surface area contributed by atoms with Gasteiger partial charge in [0.1, 0.15) is 11.5 Å². The van der Waals surface area contributed by atoms with Gasteiger partial charge in [0.05, 0.1) is 43.8 Å². The molecule has 0 radical (unpaired) electrons. The van der Waals surface area contributed by atoms with Crippen LogP contribution in [0.1, 0.15) is 41.8 Å². The average molecular weight is 427 g/mol. The molecule has 1 aliphatic rings. The van der Waals surface area contributed by atoms with Crippen LogP contribution in [0.15, 0.2) is 30.3 Å². The van der Waals surface area contributed by atoms with Crippen LogP contribution < -0.4 is 19.3 Å². The van der Waals surface area contributed by atoms with Gasteiger partial charge in [0.25, 0.3) is 5.91 Å². The fourth-order valence-corrected chi connectivity index (χ4v) is 3.85. The first kappa shape index (κ1) is 22.5. The van der Waals surface area contributed by atoms with E-state index in [1.165, 1.54) is 7.11 Å². The summed E-state index contributed by atoms with van der Waals surface area (Å²) >= 11 is 0. The van der Waals surface area contributed by atoms with Gasteiger partial charge in [0.2, 0.25) is 0 Å². The van der Waals surface area contributed by atoms with Gasteiger partial charge in [0, 0.05) is 6.54 Å². The summed E-state index contributed by atoms with van der Waals surface area (Å²) in [6.45, 7) is 8.41. The van der Waals surface area contributed by atoms with Crippen LogP contribution in [0, 0.1) is 13.8 Å². The third kappa shape index (κ3) is 4.17. The summed E-state index contributed by atoms with van der Waals surface area (Å²) in [5.74, 6) is 0.834. The minimum atomic E-state index is -0.398. The average Bonchev–Trinajstić information content (AvgIpc) is 2.78. The molecule has 0 spiro atoms. The van der Waals surface area contributed by atoms with Crippen molar-refractivity contribution in [3.8, 4) is 11.5 Å². The SMILES string of the molecule is CCOC(=O)N1c2cc(C)c(C)cc2N(C(=O)c2cc(OC)ccc2OC)CC1CC. The minimum Gasteiger partial charge on any atom is -0.497 e. The molecule has 2 aromatic carbocycles. The van der Waals surface area contributed by atoms with Crippen molar-refractivity contribution in [2.75, 3.05) is 37.2 Å². The van der Waals surface area contributed by atoms with Crippen LogP contribution in [-0.2, 0) is 4.74 Å². The van der Waals surface area contributed by atoms with Crippen LogP contribution in [0.3, 0.4) is 0 Å². The monoisotopic (exact) mass is 426 g/mol. The quantitative estimate of drug-likeness (QED) is 0.692. The van der Waals surface area contributed by atoms with E-state index in [2.05, 4.69) is 0 Å². The molecule has 1 atom stereocenters. The zero-order chi connectivity index (χ0) is 22.7. The van der Waals surface area contributed by atoms with Crippen molar-refractivity contribution < 1.29 is 23.8 Å². The van der Waals surface area contributed by atoms with E-state index in [1.807, 2.05) is 32.9 Å². The first-order chi connectivity index (χ1) is 14.9. The molecule has 0 fully saturated rings. The second-order valence-electron chi connectivity index (χ2n) is 7.54. The van der Waals surface area contributed by atoms with Gasteiger partial charge in [-0.2, -0.15) is 0 Å². The highest BCUT2D eigenvalue weighted by molar-refractivity contribution is 6.12. The molecule has 7 nitrogen and oxygen atoms in total. The molecule has 1 unspecified atom stereocenters. The topological polar surface area (TPSA) is 68.3 Å².